The molecule has 3 aliphatic heterocycles. The fourth-order valence-corrected chi connectivity index (χ4v) is 2.96. The zero-order valence-electron chi connectivity index (χ0n) is 9.51. The Hall–Kier alpha value is -1.09. The Morgan fingerprint density at radius 2 is 2.38 bits per heavy atom. The van der Waals surface area contributed by atoms with Crippen LogP contribution in [0.15, 0.2) is 22.9 Å². The molecule has 3 unspecified atom stereocenters. The van der Waals surface area contributed by atoms with E-state index in [-0.39, 0.29) is 0 Å². The van der Waals surface area contributed by atoms with Crippen LogP contribution in [0.5, 0.6) is 0 Å². The molecule has 0 saturated carbocycles. The first-order valence-electron chi connectivity index (χ1n) is 6.25. The smallest absolute Gasteiger partial charge is 0.159 e. The summed E-state index contributed by atoms with van der Waals surface area (Å²) in [7, 11) is 0. The van der Waals surface area contributed by atoms with E-state index in [1.165, 1.54) is 38.8 Å². The van der Waals surface area contributed by atoms with Crippen LogP contribution in [-0.2, 0) is 0 Å². The topological polar surface area (TPSA) is 29.3 Å². The van der Waals surface area contributed by atoms with E-state index in [2.05, 4.69) is 22.2 Å². The standard InChI is InChI=1S/C13H18N2O/c1-2-11-6-9-15(8-1)12(10-11)3-4-13-5-7-14-16-13/h3-5,7,11-12H,1-2,6,8-10H2/b4-3+. The van der Waals surface area contributed by atoms with Crippen molar-refractivity contribution >= 4 is 6.08 Å². The van der Waals surface area contributed by atoms with E-state index in [1.54, 1.807) is 6.20 Å². The first-order chi connectivity index (χ1) is 7.92. The SMILES string of the molecule is C(=C\C1CC2CCCN1CC2)/c1ccno1. The highest BCUT2D eigenvalue weighted by molar-refractivity contribution is 5.42. The fourth-order valence-electron chi connectivity index (χ4n) is 2.96. The molecule has 1 aromatic heterocycles. The normalized spacial score (nSPS) is 34.4. The van der Waals surface area contributed by atoms with Gasteiger partial charge in [0.15, 0.2) is 5.76 Å². The van der Waals surface area contributed by atoms with Crippen LogP contribution in [0.3, 0.4) is 0 Å². The van der Waals surface area contributed by atoms with E-state index in [0.29, 0.717) is 6.04 Å². The van der Waals surface area contributed by atoms with Crippen LogP contribution in [0.25, 0.3) is 6.08 Å². The van der Waals surface area contributed by atoms with Gasteiger partial charge in [0.1, 0.15) is 0 Å². The number of aromatic nitrogens is 1. The monoisotopic (exact) mass is 218 g/mol. The van der Waals surface area contributed by atoms with Gasteiger partial charge < -0.3 is 4.52 Å². The summed E-state index contributed by atoms with van der Waals surface area (Å²) < 4.78 is 5.08. The zero-order chi connectivity index (χ0) is 10.8. The van der Waals surface area contributed by atoms with Crippen molar-refractivity contribution in [2.75, 3.05) is 13.1 Å². The van der Waals surface area contributed by atoms with E-state index in [4.69, 9.17) is 4.52 Å². The van der Waals surface area contributed by atoms with E-state index < -0.39 is 0 Å². The third kappa shape index (κ3) is 2.05. The third-order valence-corrected chi connectivity index (χ3v) is 3.87. The largest absolute Gasteiger partial charge is 0.357 e. The molecule has 3 aliphatic rings. The minimum atomic E-state index is 0.617. The summed E-state index contributed by atoms with van der Waals surface area (Å²) in [4.78, 5) is 2.61. The van der Waals surface area contributed by atoms with Gasteiger partial charge in [0.25, 0.3) is 0 Å². The lowest BCUT2D eigenvalue weighted by Gasteiger charge is -2.34. The fraction of sp³-hybridized carbons (Fsp3) is 0.615. The molecular formula is C13H18N2O. The van der Waals surface area contributed by atoms with Gasteiger partial charge in [-0.05, 0) is 50.8 Å². The molecule has 0 aliphatic carbocycles. The summed E-state index contributed by atoms with van der Waals surface area (Å²) in [5.74, 6) is 1.81. The Bertz CT molecular complexity index is 354. The second-order valence-corrected chi connectivity index (χ2v) is 4.91. The van der Waals surface area contributed by atoms with Gasteiger partial charge in [-0.3, -0.25) is 4.90 Å². The van der Waals surface area contributed by atoms with E-state index in [1.807, 2.05) is 6.07 Å². The van der Waals surface area contributed by atoms with E-state index >= 15 is 0 Å². The molecule has 0 amide bonds. The van der Waals surface area contributed by atoms with Gasteiger partial charge >= 0.3 is 0 Å². The van der Waals surface area contributed by atoms with Gasteiger partial charge in [-0.2, -0.15) is 0 Å². The number of hydrogen-bond acceptors (Lipinski definition) is 3. The maximum absolute atomic E-state index is 5.08. The second kappa shape index (κ2) is 4.42. The average molecular weight is 218 g/mol. The highest BCUT2D eigenvalue weighted by Crippen LogP contribution is 2.31. The first kappa shape index (κ1) is 10.1. The van der Waals surface area contributed by atoms with Crippen molar-refractivity contribution in [3.05, 3.63) is 24.1 Å². The van der Waals surface area contributed by atoms with Gasteiger partial charge in [0, 0.05) is 12.1 Å². The molecule has 0 aromatic carbocycles. The summed E-state index contributed by atoms with van der Waals surface area (Å²) >= 11 is 0. The molecule has 3 fully saturated rings. The molecule has 16 heavy (non-hydrogen) atoms. The van der Waals surface area contributed by atoms with Gasteiger partial charge in [-0.15, -0.1) is 0 Å². The highest BCUT2D eigenvalue weighted by Gasteiger charge is 2.29. The summed E-state index contributed by atoms with van der Waals surface area (Å²) in [5.41, 5.74) is 0. The predicted molar refractivity (Wildman–Crippen MR) is 62.9 cm³/mol. The van der Waals surface area contributed by atoms with E-state index in [0.717, 1.165) is 11.7 Å². The number of piperidine rings is 1. The van der Waals surface area contributed by atoms with Gasteiger partial charge in [-0.25, -0.2) is 0 Å². The minimum absolute atomic E-state index is 0.617. The molecule has 3 saturated heterocycles. The van der Waals surface area contributed by atoms with Crippen molar-refractivity contribution in [1.29, 1.82) is 0 Å². The summed E-state index contributed by atoms with van der Waals surface area (Å²) in [6, 6.07) is 2.52. The Balaban J connectivity index is 1.70. The van der Waals surface area contributed by atoms with Crippen LogP contribution in [0.1, 0.15) is 31.4 Å². The quantitative estimate of drug-likeness (QED) is 0.764. The van der Waals surface area contributed by atoms with Crippen LogP contribution in [0.2, 0.25) is 0 Å². The van der Waals surface area contributed by atoms with Gasteiger partial charge in [0.2, 0.25) is 0 Å². The van der Waals surface area contributed by atoms with Gasteiger partial charge in [0.05, 0.1) is 6.20 Å². The van der Waals surface area contributed by atoms with Crippen molar-refractivity contribution in [2.24, 2.45) is 5.92 Å². The number of rotatable bonds is 2. The maximum Gasteiger partial charge on any atom is 0.159 e. The summed E-state index contributed by atoms with van der Waals surface area (Å²) in [5, 5.41) is 3.71. The Morgan fingerprint density at radius 3 is 3.25 bits per heavy atom. The maximum atomic E-state index is 5.08. The van der Waals surface area contributed by atoms with Crippen LogP contribution in [-0.4, -0.2) is 29.2 Å². The molecule has 1 aromatic rings. The molecule has 3 heteroatoms. The van der Waals surface area contributed by atoms with Crippen LogP contribution in [0.4, 0.5) is 0 Å². The van der Waals surface area contributed by atoms with Crippen LogP contribution >= 0.6 is 0 Å². The van der Waals surface area contributed by atoms with Crippen molar-refractivity contribution in [1.82, 2.24) is 10.1 Å². The molecule has 0 spiro atoms. The van der Waals surface area contributed by atoms with Crippen molar-refractivity contribution in [3.8, 4) is 0 Å². The lowest BCUT2D eigenvalue weighted by molar-refractivity contribution is 0.176. The zero-order valence-corrected chi connectivity index (χ0v) is 9.51. The van der Waals surface area contributed by atoms with Crippen molar-refractivity contribution < 1.29 is 4.52 Å². The molecule has 4 rings (SSSR count). The number of fused-ring (bicyclic) bond motifs is 4. The van der Waals surface area contributed by atoms with Gasteiger partial charge in [-0.1, -0.05) is 11.2 Å². The third-order valence-electron chi connectivity index (χ3n) is 3.87. The molecule has 4 heterocycles. The van der Waals surface area contributed by atoms with Crippen molar-refractivity contribution in [2.45, 2.75) is 31.7 Å². The summed E-state index contributed by atoms with van der Waals surface area (Å²) in [6.45, 7) is 2.54. The molecule has 2 bridgehead atoms. The molecule has 86 valence electrons. The van der Waals surface area contributed by atoms with Crippen LogP contribution in [0, 0.1) is 5.92 Å². The van der Waals surface area contributed by atoms with Crippen LogP contribution < -0.4 is 0 Å². The molecule has 0 radical (unpaired) electrons. The Kier molecular flexibility index (Phi) is 2.79. The molecule has 3 nitrogen and oxygen atoms in total. The van der Waals surface area contributed by atoms with E-state index in [9.17, 15) is 0 Å². The lowest BCUT2D eigenvalue weighted by atomic mass is 9.90. The Morgan fingerprint density at radius 1 is 1.38 bits per heavy atom. The predicted octanol–water partition coefficient (Wildman–Crippen LogP) is 2.56. The first-order valence-corrected chi connectivity index (χ1v) is 6.25. The number of hydrogen-bond donors (Lipinski definition) is 0. The average Bonchev–Trinajstić information content (AvgIpc) is 2.63. The lowest BCUT2D eigenvalue weighted by Crippen LogP contribution is -2.38. The molecule has 0 N–H and O–H groups in total. The highest BCUT2D eigenvalue weighted by atomic mass is 16.5. The molecule has 3 atom stereocenters. The minimum Gasteiger partial charge on any atom is -0.357 e. The Labute approximate surface area is 96.1 Å². The van der Waals surface area contributed by atoms with Crippen molar-refractivity contribution in [3.63, 3.8) is 0 Å². The molecular weight excluding hydrogens is 200 g/mol. The summed E-state index contributed by atoms with van der Waals surface area (Å²) in [6.07, 6.45) is 11.6. The second-order valence-electron chi connectivity index (χ2n) is 4.91. The number of nitrogens with zero attached hydrogens (tertiary/aromatic N) is 2.